The number of hydrazone groups is 1. The molecule has 0 heterocycles. The second kappa shape index (κ2) is 14.2. The Bertz CT molecular complexity index is 1580. The Morgan fingerprint density at radius 1 is 1.07 bits per heavy atom. The van der Waals surface area contributed by atoms with Gasteiger partial charge in [-0.2, -0.15) is 18.3 Å². The van der Waals surface area contributed by atoms with Gasteiger partial charge in [-0.15, -0.1) is 0 Å². The molecule has 0 unspecified atom stereocenters. The molecule has 11 nitrogen and oxygen atoms in total. The van der Waals surface area contributed by atoms with Gasteiger partial charge in [0.05, 0.1) is 18.2 Å². The Kier molecular flexibility index (Phi) is 11.3. The number of sulfonamides is 1. The summed E-state index contributed by atoms with van der Waals surface area (Å²) in [5.41, 5.74) is 3.70. The Morgan fingerprint density at radius 2 is 1.69 bits per heavy atom. The summed E-state index contributed by atoms with van der Waals surface area (Å²) in [6.45, 7) is 1.84. The second-order valence-corrected chi connectivity index (χ2v) is 10.2. The van der Waals surface area contributed by atoms with Crippen molar-refractivity contribution in [1.29, 1.82) is 0 Å². The van der Waals surface area contributed by atoms with Crippen LogP contribution in [0.4, 0.5) is 13.2 Å². The lowest BCUT2D eigenvalue weighted by Gasteiger charge is -2.17. The number of carboxylic acid groups (broad SMARTS) is 1. The first-order valence-corrected chi connectivity index (χ1v) is 13.4. The first-order valence-electron chi connectivity index (χ1n) is 11.8. The Labute approximate surface area is 239 Å². The molecule has 3 aromatic carbocycles. The van der Waals surface area contributed by atoms with Gasteiger partial charge in [0.15, 0.2) is 0 Å². The van der Waals surface area contributed by atoms with Crippen LogP contribution in [-0.4, -0.2) is 56.9 Å². The molecule has 3 aromatic rings. The van der Waals surface area contributed by atoms with Crippen LogP contribution in [0.3, 0.4) is 0 Å². The van der Waals surface area contributed by atoms with Crippen LogP contribution < -0.4 is 16.3 Å². The molecule has 6 N–H and O–H groups in total. The number of benzene rings is 3. The van der Waals surface area contributed by atoms with E-state index in [1.54, 1.807) is 48.5 Å². The van der Waals surface area contributed by atoms with Crippen molar-refractivity contribution < 1.29 is 45.8 Å². The molecule has 1 amide bonds. The maximum atomic E-state index is 12.9. The second-order valence-electron chi connectivity index (χ2n) is 8.70. The molecule has 42 heavy (non-hydrogen) atoms. The summed E-state index contributed by atoms with van der Waals surface area (Å²) in [7, 11) is -2.69. The number of carbonyl (C=O) groups excluding carboxylic acids is 2. The van der Waals surface area contributed by atoms with Gasteiger partial charge in [0.1, 0.15) is 6.04 Å². The number of nitrogens with one attached hydrogen (secondary N) is 1. The molecule has 0 aliphatic rings. The van der Waals surface area contributed by atoms with Crippen molar-refractivity contribution in [3.63, 3.8) is 0 Å². The van der Waals surface area contributed by atoms with Crippen molar-refractivity contribution in [2.75, 3.05) is 7.11 Å². The number of carboxylic acids is 1. The number of esters is 1. The minimum atomic E-state index is -5.08. The molecule has 0 aliphatic heterocycles. The molecule has 0 fully saturated rings. The highest BCUT2D eigenvalue weighted by molar-refractivity contribution is 7.89. The predicted molar refractivity (Wildman–Crippen MR) is 147 cm³/mol. The number of nitrogens with two attached hydrogens (primary N) is 2. The fourth-order valence-electron chi connectivity index (χ4n) is 3.62. The minimum absolute atomic E-state index is 0.00651. The molecule has 0 aliphatic carbocycles. The van der Waals surface area contributed by atoms with Gasteiger partial charge in [-0.25, -0.2) is 23.1 Å². The van der Waals surface area contributed by atoms with Gasteiger partial charge in [-0.05, 0) is 41.8 Å². The summed E-state index contributed by atoms with van der Waals surface area (Å²) >= 11 is 0. The molecule has 0 saturated heterocycles. The summed E-state index contributed by atoms with van der Waals surface area (Å²) in [6.07, 6.45) is -3.41. The number of aryl methyl sites for hydroxylation is 1. The lowest BCUT2D eigenvalue weighted by Crippen LogP contribution is -2.43. The number of amides is 1. The largest absolute Gasteiger partial charge is 0.490 e. The zero-order valence-corrected chi connectivity index (χ0v) is 23.1. The lowest BCUT2D eigenvalue weighted by atomic mass is 10.0. The Morgan fingerprint density at radius 3 is 2.21 bits per heavy atom. The van der Waals surface area contributed by atoms with Crippen LogP contribution in [0.2, 0.25) is 0 Å². The van der Waals surface area contributed by atoms with E-state index in [0.717, 1.165) is 16.7 Å². The first-order chi connectivity index (χ1) is 19.6. The van der Waals surface area contributed by atoms with E-state index in [-0.39, 0.29) is 16.9 Å². The highest BCUT2D eigenvalue weighted by atomic mass is 32.2. The Balaban J connectivity index is 0.000000782. The van der Waals surface area contributed by atoms with E-state index in [9.17, 15) is 31.2 Å². The van der Waals surface area contributed by atoms with E-state index < -0.39 is 40.1 Å². The number of alkyl halides is 3. The maximum absolute atomic E-state index is 12.9. The molecule has 224 valence electrons. The number of carbonyl (C=O) groups is 3. The lowest BCUT2D eigenvalue weighted by molar-refractivity contribution is -0.192. The number of methoxy groups -OCH3 is 1. The number of primary sulfonamides is 1. The van der Waals surface area contributed by atoms with E-state index in [0.29, 0.717) is 11.1 Å². The molecule has 1 atom stereocenters. The van der Waals surface area contributed by atoms with Crippen LogP contribution in [0.1, 0.15) is 27.0 Å². The summed E-state index contributed by atoms with van der Waals surface area (Å²) in [5, 5.41) is 18.7. The van der Waals surface area contributed by atoms with Gasteiger partial charge in [-0.3, -0.25) is 4.79 Å². The zero-order chi connectivity index (χ0) is 31.7. The maximum Gasteiger partial charge on any atom is 0.490 e. The van der Waals surface area contributed by atoms with E-state index in [1.807, 2.05) is 19.1 Å². The molecule has 0 saturated carbocycles. The number of aliphatic carboxylic acids is 1. The molecule has 0 aromatic heterocycles. The van der Waals surface area contributed by atoms with Crippen molar-refractivity contribution in [2.24, 2.45) is 16.1 Å². The van der Waals surface area contributed by atoms with Crippen LogP contribution in [-0.2, 0) is 30.8 Å². The average Bonchev–Trinajstić information content (AvgIpc) is 2.92. The molecule has 0 radical (unpaired) electrons. The highest BCUT2D eigenvalue weighted by Gasteiger charge is 2.38. The van der Waals surface area contributed by atoms with Crippen LogP contribution >= 0.6 is 0 Å². The number of halogens is 3. The summed E-state index contributed by atoms with van der Waals surface area (Å²) in [4.78, 5) is 34.1. The summed E-state index contributed by atoms with van der Waals surface area (Å²) in [5.74, 6) is 1.37. The third-order valence-electron chi connectivity index (χ3n) is 5.55. The van der Waals surface area contributed by atoms with Crippen molar-refractivity contribution in [3.05, 3.63) is 89.0 Å². The number of ether oxygens (including phenoxy) is 1. The van der Waals surface area contributed by atoms with E-state index in [1.165, 1.54) is 19.4 Å². The molecule has 0 spiro atoms. The van der Waals surface area contributed by atoms with Gasteiger partial charge in [0.2, 0.25) is 10.0 Å². The molecule has 15 heteroatoms. The SMILES string of the molecule is COC(=O)[C@H](Cc1cccc(/C=N\N)c1)NC(=O)c1ccc(-c2cc(C)ccc2S(N)(=O)=O)cc1.O=C(O)C(F)(F)F. The van der Waals surface area contributed by atoms with Gasteiger partial charge in [0, 0.05) is 17.5 Å². The number of hydrogen-bond donors (Lipinski definition) is 4. The van der Waals surface area contributed by atoms with Gasteiger partial charge >= 0.3 is 18.1 Å². The quantitative estimate of drug-likeness (QED) is 0.130. The predicted octanol–water partition coefficient (Wildman–Crippen LogP) is 2.75. The van der Waals surface area contributed by atoms with Gasteiger partial charge < -0.3 is 21.0 Å². The normalized spacial score (nSPS) is 12.1. The van der Waals surface area contributed by atoms with E-state index in [4.69, 9.17) is 25.6 Å². The van der Waals surface area contributed by atoms with Crippen molar-refractivity contribution >= 4 is 34.1 Å². The molecule has 0 bridgehead atoms. The van der Waals surface area contributed by atoms with E-state index in [2.05, 4.69) is 10.4 Å². The number of hydrogen-bond acceptors (Lipinski definition) is 8. The zero-order valence-electron chi connectivity index (χ0n) is 22.3. The summed E-state index contributed by atoms with van der Waals surface area (Å²) in [6, 6.07) is 17.5. The van der Waals surface area contributed by atoms with Crippen LogP contribution in [0.15, 0.2) is 76.7 Å². The fourth-order valence-corrected chi connectivity index (χ4v) is 4.36. The fraction of sp³-hybridized carbons (Fsp3) is 0.185. The third-order valence-corrected chi connectivity index (χ3v) is 6.52. The monoisotopic (exact) mass is 608 g/mol. The third kappa shape index (κ3) is 9.71. The van der Waals surface area contributed by atoms with Gasteiger partial charge in [0.25, 0.3) is 5.91 Å². The van der Waals surface area contributed by atoms with Crippen molar-refractivity contribution in [1.82, 2.24) is 5.32 Å². The van der Waals surface area contributed by atoms with Crippen LogP contribution in [0, 0.1) is 6.92 Å². The van der Waals surface area contributed by atoms with Crippen LogP contribution in [0.25, 0.3) is 11.1 Å². The average molecular weight is 609 g/mol. The number of nitrogens with zero attached hydrogens (tertiary/aromatic N) is 1. The topological polar surface area (TPSA) is 191 Å². The van der Waals surface area contributed by atoms with Crippen LogP contribution in [0.5, 0.6) is 0 Å². The minimum Gasteiger partial charge on any atom is -0.475 e. The molecular formula is C27H27F3N4O7S. The molecule has 3 rings (SSSR count). The molecular weight excluding hydrogens is 581 g/mol. The van der Waals surface area contributed by atoms with Crippen molar-refractivity contribution in [2.45, 2.75) is 30.5 Å². The van der Waals surface area contributed by atoms with E-state index >= 15 is 0 Å². The highest BCUT2D eigenvalue weighted by Crippen LogP contribution is 2.28. The first kappa shape index (κ1) is 33.4. The smallest absolute Gasteiger partial charge is 0.475 e. The van der Waals surface area contributed by atoms with Crippen molar-refractivity contribution in [3.8, 4) is 11.1 Å². The summed E-state index contributed by atoms with van der Waals surface area (Å²) < 4.78 is 60.6. The Hall–Kier alpha value is -4.76. The van der Waals surface area contributed by atoms with Gasteiger partial charge in [-0.1, -0.05) is 54.1 Å². The standard InChI is InChI=1S/C25H26N4O5S.C2HF3O2/c1-16-6-11-23(35(27,32)33)21(12-16)19-7-9-20(10-8-19)24(30)29-22(25(31)34-2)14-17-4-3-5-18(13-17)15-28-26;3-2(4,5)1(6)7/h3-13,15,22H,14,26H2,1-2H3,(H,29,30)(H2,27,32,33);(H,6,7)/b28-15-;/t22-;/m0./s1. The number of rotatable bonds is 8.